The molecule has 1 rings (SSSR count). The quantitative estimate of drug-likeness (QED) is 0.533. The fraction of sp³-hybridized carbons (Fsp3) is 0. The van der Waals surface area contributed by atoms with Gasteiger partial charge in [-0.1, -0.05) is 11.6 Å². The molecule has 0 spiro atoms. The molecule has 0 bridgehead atoms. The lowest BCUT2D eigenvalue weighted by atomic mass is 10.7. The highest BCUT2D eigenvalue weighted by molar-refractivity contribution is 6.40. The highest BCUT2D eigenvalue weighted by atomic mass is 35.5. The zero-order valence-corrected chi connectivity index (χ0v) is 4.75. The Hall–Kier alpha value is -0.140. The lowest BCUT2D eigenvalue weighted by Crippen LogP contribution is -1.45. The van der Waals surface area contributed by atoms with Crippen molar-refractivity contribution in [1.82, 2.24) is 0 Å². The summed E-state index contributed by atoms with van der Waals surface area (Å²) in [5.74, 6) is 0. The molecular formula is C4HCl2O. The van der Waals surface area contributed by atoms with Crippen molar-refractivity contribution >= 4 is 23.2 Å². The Bertz CT molecular complexity index is 142. The van der Waals surface area contributed by atoms with Gasteiger partial charge in [-0.2, -0.15) is 0 Å². The molecule has 0 aromatic carbocycles. The first kappa shape index (κ1) is 5.01. The van der Waals surface area contributed by atoms with Crippen molar-refractivity contribution in [2.45, 2.75) is 0 Å². The van der Waals surface area contributed by atoms with Crippen LogP contribution in [0, 0.1) is 6.26 Å². The Labute approximate surface area is 50.8 Å². The lowest BCUT2D eigenvalue weighted by Gasteiger charge is -1.72. The average molecular weight is 136 g/mol. The van der Waals surface area contributed by atoms with Crippen LogP contribution >= 0.6 is 23.2 Å². The van der Waals surface area contributed by atoms with Crippen LogP contribution in [0.25, 0.3) is 0 Å². The summed E-state index contributed by atoms with van der Waals surface area (Å²) in [5.41, 5.74) is 0. The highest BCUT2D eigenvalue weighted by Crippen LogP contribution is 2.20. The molecule has 0 aliphatic rings. The molecular weight excluding hydrogens is 135 g/mol. The third-order valence-corrected chi connectivity index (χ3v) is 1.18. The maximum absolute atomic E-state index is 5.37. The lowest BCUT2D eigenvalue weighted by molar-refractivity contribution is 0.560. The largest absolute Gasteiger partial charge is 0.440 e. The average Bonchev–Trinajstić information content (AvgIpc) is 1.91. The summed E-state index contributed by atoms with van der Waals surface area (Å²) in [4.78, 5) is 0. The molecule has 0 saturated carbocycles. The molecule has 0 unspecified atom stereocenters. The number of furan rings is 1. The monoisotopic (exact) mass is 135 g/mol. The van der Waals surface area contributed by atoms with Crippen molar-refractivity contribution in [3.8, 4) is 0 Å². The van der Waals surface area contributed by atoms with Gasteiger partial charge in [0, 0.05) is 6.07 Å². The van der Waals surface area contributed by atoms with Crippen LogP contribution in [0.15, 0.2) is 10.5 Å². The zero-order valence-electron chi connectivity index (χ0n) is 3.24. The van der Waals surface area contributed by atoms with E-state index in [1.807, 2.05) is 0 Å². The second kappa shape index (κ2) is 1.76. The zero-order chi connectivity index (χ0) is 5.28. The summed E-state index contributed by atoms with van der Waals surface area (Å²) < 4.78 is 4.47. The van der Waals surface area contributed by atoms with Crippen LogP contribution in [0.3, 0.4) is 0 Å². The van der Waals surface area contributed by atoms with E-state index in [0.29, 0.717) is 5.02 Å². The fourth-order valence-corrected chi connectivity index (χ4v) is 0.421. The topological polar surface area (TPSA) is 13.1 Å². The van der Waals surface area contributed by atoms with Gasteiger partial charge < -0.3 is 4.42 Å². The SMILES string of the molecule is Clc1c[c]oc1Cl. The summed E-state index contributed by atoms with van der Waals surface area (Å²) in [7, 11) is 0. The normalized spacial score (nSPS) is 9.43. The third kappa shape index (κ3) is 0.898. The molecule has 37 valence electrons. The van der Waals surface area contributed by atoms with Gasteiger partial charge in [0.25, 0.3) is 0 Å². The van der Waals surface area contributed by atoms with Crippen LogP contribution < -0.4 is 0 Å². The minimum Gasteiger partial charge on any atom is -0.440 e. The molecule has 0 aliphatic heterocycles. The van der Waals surface area contributed by atoms with Gasteiger partial charge in [-0.25, -0.2) is 0 Å². The van der Waals surface area contributed by atoms with Crippen molar-refractivity contribution in [2.24, 2.45) is 0 Å². The van der Waals surface area contributed by atoms with Crippen molar-refractivity contribution in [2.75, 3.05) is 0 Å². The van der Waals surface area contributed by atoms with E-state index in [1.54, 1.807) is 0 Å². The summed E-state index contributed by atoms with van der Waals surface area (Å²) in [6, 6.07) is 1.46. The molecule has 3 heteroatoms. The van der Waals surface area contributed by atoms with Gasteiger partial charge in [0.05, 0.1) is 5.02 Å². The summed E-state index contributed by atoms with van der Waals surface area (Å²) in [6.45, 7) is 0. The summed E-state index contributed by atoms with van der Waals surface area (Å²) in [5, 5.41) is 0.600. The minimum absolute atomic E-state index is 0.196. The van der Waals surface area contributed by atoms with Gasteiger partial charge in [0.15, 0.2) is 6.26 Å². The standard InChI is InChI=1S/C4HCl2O/c5-3-1-2-7-4(3)6/h1H. The second-order valence-corrected chi connectivity index (χ2v) is 1.74. The van der Waals surface area contributed by atoms with Crippen molar-refractivity contribution < 1.29 is 4.42 Å². The number of hydrogen-bond donors (Lipinski definition) is 0. The van der Waals surface area contributed by atoms with Gasteiger partial charge in [-0.3, -0.25) is 0 Å². The van der Waals surface area contributed by atoms with Crippen LogP contribution in [0.5, 0.6) is 0 Å². The van der Waals surface area contributed by atoms with Crippen LogP contribution in [-0.4, -0.2) is 0 Å². The van der Waals surface area contributed by atoms with Crippen molar-refractivity contribution in [3.63, 3.8) is 0 Å². The first-order valence-electron chi connectivity index (χ1n) is 1.61. The summed E-state index contributed by atoms with van der Waals surface area (Å²) >= 11 is 10.7. The van der Waals surface area contributed by atoms with E-state index in [-0.39, 0.29) is 5.22 Å². The molecule has 1 aromatic heterocycles. The van der Waals surface area contributed by atoms with Gasteiger partial charge in [-0.05, 0) is 11.6 Å². The van der Waals surface area contributed by atoms with Crippen LogP contribution in [0.1, 0.15) is 0 Å². The number of hydrogen-bond acceptors (Lipinski definition) is 1. The van der Waals surface area contributed by atoms with E-state index in [4.69, 9.17) is 23.2 Å². The Morgan fingerprint density at radius 3 is 2.43 bits per heavy atom. The Balaban J connectivity index is 3.12. The molecule has 0 N–H and O–H groups in total. The van der Waals surface area contributed by atoms with E-state index < -0.39 is 0 Å². The van der Waals surface area contributed by atoms with E-state index in [9.17, 15) is 0 Å². The summed E-state index contributed by atoms with van der Waals surface area (Å²) in [6.07, 6.45) is 2.36. The molecule has 1 aromatic rings. The number of rotatable bonds is 0. The van der Waals surface area contributed by atoms with Gasteiger partial charge >= 0.3 is 0 Å². The van der Waals surface area contributed by atoms with E-state index in [0.717, 1.165) is 0 Å². The molecule has 1 nitrogen and oxygen atoms in total. The fourth-order valence-electron chi connectivity index (χ4n) is 0.238. The molecule has 1 radical (unpaired) electrons. The van der Waals surface area contributed by atoms with Gasteiger partial charge in [0.1, 0.15) is 0 Å². The van der Waals surface area contributed by atoms with E-state index in [1.165, 1.54) is 6.07 Å². The Morgan fingerprint density at radius 1 is 1.57 bits per heavy atom. The van der Waals surface area contributed by atoms with Gasteiger partial charge in [0.2, 0.25) is 5.22 Å². The first-order valence-corrected chi connectivity index (χ1v) is 2.37. The smallest absolute Gasteiger partial charge is 0.212 e. The molecule has 7 heavy (non-hydrogen) atoms. The number of halogens is 2. The molecule has 0 saturated heterocycles. The van der Waals surface area contributed by atoms with E-state index in [2.05, 4.69) is 10.7 Å². The van der Waals surface area contributed by atoms with E-state index >= 15 is 0 Å². The Kier molecular flexibility index (Phi) is 1.26. The second-order valence-electron chi connectivity index (χ2n) is 0.986. The van der Waals surface area contributed by atoms with Gasteiger partial charge in [-0.15, -0.1) is 0 Å². The molecule has 0 fully saturated rings. The van der Waals surface area contributed by atoms with Crippen LogP contribution in [0.4, 0.5) is 0 Å². The predicted molar refractivity (Wildman–Crippen MR) is 27.6 cm³/mol. The minimum atomic E-state index is 0.196. The third-order valence-electron chi connectivity index (χ3n) is 0.522. The molecule has 0 atom stereocenters. The predicted octanol–water partition coefficient (Wildman–Crippen LogP) is 2.39. The highest BCUT2D eigenvalue weighted by Gasteiger charge is 1.95. The molecule has 0 aliphatic carbocycles. The maximum Gasteiger partial charge on any atom is 0.212 e. The molecule has 1 heterocycles. The Morgan fingerprint density at radius 2 is 2.29 bits per heavy atom. The van der Waals surface area contributed by atoms with Crippen LogP contribution in [-0.2, 0) is 0 Å². The van der Waals surface area contributed by atoms with Crippen molar-refractivity contribution in [3.05, 3.63) is 22.6 Å². The maximum atomic E-state index is 5.37. The van der Waals surface area contributed by atoms with Crippen LogP contribution in [0.2, 0.25) is 10.2 Å². The first-order chi connectivity index (χ1) is 3.30. The molecule has 0 amide bonds. The van der Waals surface area contributed by atoms with Crippen molar-refractivity contribution in [1.29, 1.82) is 0 Å².